The molecule has 0 amide bonds. The first-order chi connectivity index (χ1) is 15.2. The number of aromatic nitrogens is 4. The standard InChI is InChI=1S/C25H21N5O/c1-16-10-11-19-14-21(24-29-25(31-30-24)18-7-4-3-5-8-18)23(28-22(19)13-16)27-17(2)20-9-6-12-26-15-20/h3-15,17H,1-2H3,(H,27,28). The molecule has 2 aromatic carbocycles. The first kappa shape index (κ1) is 18.9. The summed E-state index contributed by atoms with van der Waals surface area (Å²) in [4.78, 5) is 13.8. The van der Waals surface area contributed by atoms with Crippen molar-refractivity contribution in [3.05, 3.63) is 90.3 Å². The lowest BCUT2D eigenvalue weighted by molar-refractivity contribution is 0.432. The molecule has 1 atom stereocenters. The van der Waals surface area contributed by atoms with E-state index in [0.717, 1.165) is 33.2 Å². The van der Waals surface area contributed by atoms with Gasteiger partial charge in [-0.25, -0.2) is 4.98 Å². The molecule has 0 fully saturated rings. The van der Waals surface area contributed by atoms with Gasteiger partial charge in [-0.2, -0.15) is 4.98 Å². The monoisotopic (exact) mass is 407 g/mol. The Bertz CT molecular complexity index is 1330. The maximum absolute atomic E-state index is 5.55. The molecule has 0 bridgehead atoms. The van der Waals surface area contributed by atoms with Gasteiger partial charge in [0.1, 0.15) is 5.82 Å². The number of aryl methyl sites for hydroxylation is 1. The molecule has 6 heteroatoms. The van der Waals surface area contributed by atoms with Crippen LogP contribution in [0.2, 0.25) is 0 Å². The topological polar surface area (TPSA) is 76.7 Å². The van der Waals surface area contributed by atoms with Crippen LogP contribution in [0.3, 0.4) is 0 Å². The number of fused-ring (bicyclic) bond motifs is 1. The maximum atomic E-state index is 5.55. The highest BCUT2D eigenvalue weighted by Gasteiger charge is 2.18. The molecule has 0 aliphatic rings. The molecule has 0 radical (unpaired) electrons. The van der Waals surface area contributed by atoms with Crippen molar-refractivity contribution in [1.29, 1.82) is 0 Å². The van der Waals surface area contributed by atoms with E-state index in [4.69, 9.17) is 9.51 Å². The lowest BCUT2D eigenvalue weighted by atomic mass is 10.1. The average Bonchev–Trinajstić information content (AvgIpc) is 3.30. The van der Waals surface area contributed by atoms with Crippen molar-refractivity contribution >= 4 is 16.7 Å². The Labute approximate surface area is 180 Å². The molecule has 3 heterocycles. The summed E-state index contributed by atoms with van der Waals surface area (Å²) in [6.45, 7) is 4.14. The Hall–Kier alpha value is -4.06. The van der Waals surface area contributed by atoms with Crippen molar-refractivity contribution in [2.45, 2.75) is 19.9 Å². The Kier molecular flexibility index (Phi) is 4.88. The third-order valence-corrected chi connectivity index (χ3v) is 5.20. The summed E-state index contributed by atoms with van der Waals surface area (Å²) < 4.78 is 5.55. The van der Waals surface area contributed by atoms with Crippen LogP contribution in [0.1, 0.15) is 24.1 Å². The molecule has 5 aromatic rings. The minimum absolute atomic E-state index is 0.00250. The zero-order valence-corrected chi connectivity index (χ0v) is 17.3. The summed E-state index contributed by atoms with van der Waals surface area (Å²) in [6, 6.07) is 22.0. The molecule has 0 saturated carbocycles. The number of rotatable bonds is 5. The normalized spacial score (nSPS) is 12.1. The van der Waals surface area contributed by atoms with Gasteiger partial charge in [0.2, 0.25) is 5.82 Å². The summed E-state index contributed by atoms with van der Waals surface area (Å²) in [7, 11) is 0. The summed E-state index contributed by atoms with van der Waals surface area (Å²) >= 11 is 0. The summed E-state index contributed by atoms with van der Waals surface area (Å²) in [5, 5.41) is 8.78. The van der Waals surface area contributed by atoms with Crippen molar-refractivity contribution in [2.75, 3.05) is 5.32 Å². The van der Waals surface area contributed by atoms with E-state index < -0.39 is 0 Å². The second-order valence-electron chi connectivity index (χ2n) is 7.52. The highest BCUT2D eigenvalue weighted by molar-refractivity contribution is 5.88. The second kappa shape index (κ2) is 7.99. The number of pyridine rings is 2. The minimum atomic E-state index is 0.00250. The Morgan fingerprint density at radius 1 is 0.935 bits per heavy atom. The van der Waals surface area contributed by atoms with Crippen molar-refractivity contribution < 1.29 is 4.52 Å². The summed E-state index contributed by atoms with van der Waals surface area (Å²) in [5.74, 6) is 1.68. The molecular formula is C25H21N5O. The van der Waals surface area contributed by atoms with E-state index in [0.29, 0.717) is 17.5 Å². The smallest absolute Gasteiger partial charge is 0.258 e. The van der Waals surface area contributed by atoms with E-state index in [-0.39, 0.29) is 6.04 Å². The molecule has 1 unspecified atom stereocenters. The SMILES string of the molecule is Cc1ccc2cc(-c3noc(-c4ccccc4)n3)c(NC(C)c3cccnc3)nc2c1. The van der Waals surface area contributed by atoms with Crippen molar-refractivity contribution in [2.24, 2.45) is 0 Å². The predicted octanol–water partition coefficient (Wildman–Crippen LogP) is 5.83. The molecule has 0 aliphatic heterocycles. The summed E-state index contributed by atoms with van der Waals surface area (Å²) in [6.07, 6.45) is 3.62. The van der Waals surface area contributed by atoms with Crippen LogP contribution < -0.4 is 5.32 Å². The maximum Gasteiger partial charge on any atom is 0.258 e. The van der Waals surface area contributed by atoms with E-state index in [1.165, 1.54) is 0 Å². The van der Waals surface area contributed by atoms with Crippen molar-refractivity contribution in [3.8, 4) is 22.8 Å². The van der Waals surface area contributed by atoms with Crippen LogP contribution in [0.25, 0.3) is 33.7 Å². The third-order valence-electron chi connectivity index (χ3n) is 5.20. The predicted molar refractivity (Wildman–Crippen MR) is 121 cm³/mol. The largest absolute Gasteiger partial charge is 0.363 e. The fourth-order valence-corrected chi connectivity index (χ4v) is 3.51. The highest BCUT2D eigenvalue weighted by atomic mass is 16.5. The molecule has 0 saturated heterocycles. The molecule has 1 N–H and O–H groups in total. The van der Waals surface area contributed by atoms with Crippen LogP contribution in [-0.4, -0.2) is 20.1 Å². The highest BCUT2D eigenvalue weighted by Crippen LogP contribution is 2.32. The van der Waals surface area contributed by atoms with Gasteiger partial charge >= 0.3 is 0 Å². The van der Waals surface area contributed by atoms with Gasteiger partial charge in [0.15, 0.2) is 0 Å². The van der Waals surface area contributed by atoms with Gasteiger partial charge in [0, 0.05) is 23.3 Å². The molecule has 3 aromatic heterocycles. The van der Waals surface area contributed by atoms with Crippen LogP contribution in [0.15, 0.2) is 83.6 Å². The van der Waals surface area contributed by atoms with Crippen LogP contribution in [0.4, 0.5) is 5.82 Å². The van der Waals surface area contributed by atoms with Gasteiger partial charge in [-0.15, -0.1) is 0 Å². The molecule has 31 heavy (non-hydrogen) atoms. The first-order valence-corrected chi connectivity index (χ1v) is 10.1. The van der Waals surface area contributed by atoms with Crippen LogP contribution in [0.5, 0.6) is 0 Å². The van der Waals surface area contributed by atoms with Crippen molar-refractivity contribution in [3.63, 3.8) is 0 Å². The van der Waals surface area contributed by atoms with E-state index in [9.17, 15) is 0 Å². The van der Waals surface area contributed by atoms with E-state index in [1.807, 2.05) is 48.7 Å². The molecule has 5 rings (SSSR count). The zero-order valence-electron chi connectivity index (χ0n) is 17.3. The molecule has 0 aliphatic carbocycles. The fraction of sp³-hybridized carbons (Fsp3) is 0.120. The van der Waals surface area contributed by atoms with E-state index >= 15 is 0 Å². The number of benzene rings is 2. The van der Waals surface area contributed by atoms with E-state index in [1.54, 1.807) is 6.20 Å². The quantitative estimate of drug-likeness (QED) is 0.395. The fourth-order valence-electron chi connectivity index (χ4n) is 3.51. The van der Waals surface area contributed by atoms with Crippen molar-refractivity contribution in [1.82, 2.24) is 20.1 Å². The minimum Gasteiger partial charge on any atom is -0.363 e. The van der Waals surface area contributed by atoms with Gasteiger partial charge in [-0.1, -0.05) is 41.6 Å². The molecule has 152 valence electrons. The van der Waals surface area contributed by atoms with Gasteiger partial charge in [-0.3, -0.25) is 4.98 Å². The zero-order chi connectivity index (χ0) is 21.2. The van der Waals surface area contributed by atoms with Gasteiger partial charge < -0.3 is 9.84 Å². The number of hydrogen-bond donors (Lipinski definition) is 1. The lowest BCUT2D eigenvalue weighted by Crippen LogP contribution is -2.09. The Balaban J connectivity index is 1.60. The number of anilines is 1. The number of nitrogens with one attached hydrogen (secondary N) is 1. The van der Waals surface area contributed by atoms with Gasteiger partial charge in [0.25, 0.3) is 5.89 Å². The lowest BCUT2D eigenvalue weighted by Gasteiger charge is -2.17. The van der Waals surface area contributed by atoms with Crippen LogP contribution in [0, 0.1) is 6.92 Å². The first-order valence-electron chi connectivity index (χ1n) is 10.1. The average molecular weight is 407 g/mol. The number of hydrogen-bond acceptors (Lipinski definition) is 6. The summed E-state index contributed by atoms with van der Waals surface area (Å²) in [5.41, 5.74) is 4.81. The molecular weight excluding hydrogens is 386 g/mol. The Morgan fingerprint density at radius 3 is 2.61 bits per heavy atom. The van der Waals surface area contributed by atoms with Crippen LogP contribution >= 0.6 is 0 Å². The Morgan fingerprint density at radius 2 is 1.81 bits per heavy atom. The van der Waals surface area contributed by atoms with Gasteiger partial charge in [0.05, 0.1) is 17.1 Å². The van der Waals surface area contributed by atoms with E-state index in [2.05, 4.69) is 58.6 Å². The number of nitrogens with zero attached hydrogens (tertiary/aromatic N) is 4. The molecule has 6 nitrogen and oxygen atoms in total. The van der Waals surface area contributed by atoms with Crippen LogP contribution in [-0.2, 0) is 0 Å². The second-order valence-corrected chi connectivity index (χ2v) is 7.52. The third kappa shape index (κ3) is 3.88. The molecule has 0 spiro atoms. The van der Waals surface area contributed by atoms with Gasteiger partial charge in [-0.05, 0) is 55.3 Å².